The van der Waals surface area contributed by atoms with E-state index in [9.17, 15) is 9.59 Å². The van der Waals surface area contributed by atoms with Gasteiger partial charge in [0.2, 0.25) is 11.8 Å². The number of aromatic nitrogens is 2. The van der Waals surface area contributed by atoms with Crippen molar-refractivity contribution in [3.05, 3.63) is 42.7 Å². The van der Waals surface area contributed by atoms with Crippen molar-refractivity contribution >= 4 is 29.9 Å². The van der Waals surface area contributed by atoms with Gasteiger partial charge in [-0.3, -0.25) is 9.59 Å². The van der Waals surface area contributed by atoms with E-state index >= 15 is 0 Å². The van der Waals surface area contributed by atoms with Crippen LogP contribution < -0.4 is 16.4 Å². The first-order valence-corrected chi connectivity index (χ1v) is 7.40. The molecule has 0 saturated heterocycles. The quantitative estimate of drug-likeness (QED) is 0.730. The Kier molecular flexibility index (Phi) is 7.41. The summed E-state index contributed by atoms with van der Waals surface area (Å²) < 4.78 is 1.72. The second-order valence-corrected chi connectivity index (χ2v) is 5.41. The van der Waals surface area contributed by atoms with E-state index in [0.29, 0.717) is 5.69 Å². The Morgan fingerprint density at radius 1 is 1.25 bits per heavy atom. The minimum absolute atomic E-state index is 0. The summed E-state index contributed by atoms with van der Waals surface area (Å²) in [5.74, 6) is -0.859. The van der Waals surface area contributed by atoms with Gasteiger partial charge in [0.15, 0.2) is 0 Å². The van der Waals surface area contributed by atoms with E-state index in [1.165, 1.54) is 0 Å². The van der Waals surface area contributed by atoms with E-state index in [1.54, 1.807) is 36.9 Å². The number of hydrogen-bond donors (Lipinski definition) is 3. The van der Waals surface area contributed by atoms with E-state index < -0.39 is 0 Å². The fraction of sp³-hybridized carbons (Fsp3) is 0.312. The maximum atomic E-state index is 11.8. The van der Waals surface area contributed by atoms with Gasteiger partial charge in [0.1, 0.15) is 0 Å². The fourth-order valence-corrected chi connectivity index (χ4v) is 1.89. The molecule has 0 saturated carbocycles. The van der Waals surface area contributed by atoms with Crippen molar-refractivity contribution in [1.29, 1.82) is 0 Å². The number of carbonyl (C=O) groups excluding carboxylic acids is 2. The number of carbonyl (C=O) groups is 2. The standard InChI is InChI=1S/C16H21N5O2.ClH/c1-11(12(2)17)16(23)18-10-15(22)20-13-4-6-14(7-5-13)21-9-3-8-19-21;/h3-9,11-12H,10,17H2,1-2H3,(H,18,23)(H,20,22);1H. The first-order chi connectivity index (χ1) is 11.0. The molecule has 0 aliphatic carbocycles. The molecule has 0 aliphatic rings. The van der Waals surface area contributed by atoms with E-state index in [2.05, 4.69) is 15.7 Å². The topological polar surface area (TPSA) is 102 Å². The summed E-state index contributed by atoms with van der Waals surface area (Å²) in [6.45, 7) is 3.40. The molecule has 0 spiro atoms. The molecule has 24 heavy (non-hydrogen) atoms. The Labute approximate surface area is 147 Å². The molecular weight excluding hydrogens is 330 g/mol. The molecular formula is C16H22ClN5O2. The predicted octanol–water partition coefficient (Wildman–Crippen LogP) is 1.33. The zero-order valence-electron chi connectivity index (χ0n) is 13.6. The Morgan fingerprint density at radius 2 is 1.92 bits per heavy atom. The van der Waals surface area contributed by atoms with Crippen LogP contribution in [0.2, 0.25) is 0 Å². The Bertz CT molecular complexity index is 656. The van der Waals surface area contributed by atoms with Crippen LogP contribution in [0.25, 0.3) is 5.69 Å². The average molecular weight is 352 g/mol. The monoisotopic (exact) mass is 351 g/mol. The van der Waals surface area contributed by atoms with Gasteiger partial charge in [0.25, 0.3) is 0 Å². The number of benzene rings is 1. The van der Waals surface area contributed by atoms with Crippen molar-refractivity contribution in [1.82, 2.24) is 15.1 Å². The summed E-state index contributed by atoms with van der Waals surface area (Å²) in [7, 11) is 0. The van der Waals surface area contributed by atoms with Crippen LogP contribution in [-0.2, 0) is 9.59 Å². The lowest BCUT2D eigenvalue weighted by Crippen LogP contribution is -2.41. The van der Waals surface area contributed by atoms with Crippen LogP contribution in [-0.4, -0.2) is 34.2 Å². The number of amides is 2. The first-order valence-electron chi connectivity index (χ1n) is 7.40. The van der Waals surface area contributed by atoms with Crippen LogP contribution in [0.5, 0.6) is 0 Å². The van der Waals surface area contributed by atoms with Crippen LogP contribution in [0.4, 0.5) is 5.69 Å². The molecule has 0 aliphatic heterocycles. The normalized spacial score (nSPS) is 12.6. The van der Waals surface area contributed by atoms with Gasteiger partial charge in [-0.15, -0.1) is 12.4 Å². The zero-order chi connectivity index (χ0) is 16.8. The van der Waals surface area contributed by atoms with Crippen molar-refractivity contribution in [2.24, 2.45) is 11.7 Å². The second-order valence-electron chi connectivity index (χ2n) is 5.41. The molecule has 2 rings (SSSR count). The minimum Gasteiger partial charge on any atom is -0.347 e. The van der Waals surface area contributed by atoms with E-state index in [-0.39, 0.29) is 42.7 Å². The average Bonchev–Trinajstić information content (AvgIpc) is 3.07. The van der Waals surface area contributed by atoms with Gasteiger partial charge in [-0.25, -0.2) is 4.68 Å². The Hall–Kier alpha value is -2.38. The summed E-state index contributed by atoms with van der Waals surface area (Å²) in [4.78, 5) is 23.6. The van der Waals surface area contributed by atoms with Gasteiger partial charge in [-0.1, -0.05) is 6.92 Å². The van der Waals surface area contributed by atoms with Crippen molar-refractivity contribution in [3.63, 3.8) is 0 Å². The summed E-state index contributed by atoms with van der Waals surface area (Å²) in [5, 5.41) is 9.42. The van der Waals surface area contributed by atoms with Crippen molar-refractivity contribution in [3.8, 4) is 5.69 Å². The van der Waals surface area contributed by atoms with Crippen LogP contribution >= 0.6 is 12.4 Å². The van der Waals surface area contributed by atoms with Crippen molar-refractivity contribution in [2.75, 3.05) is 11.9 Å². The second kappa shape index (κ2) is 9.05. The van der Waals surface area contributed by atoms with Gasteiger partial charge < -0.3 is 16.4 Å². The molecule has 2 aromatic rings. The summed E-state index contributed by atoms with van der Waals surface area (Å²) in [6, 6.07) is 8.83. The lowest BCUT2D eigenvalue weighted by atomic mass is 10.0. The zero-order valence-corrected chi connectivity index (χ0v) is 14.4. The third kappa shape index (κ3) is 5.36. The molecule has 2 amide bonds. The fourth-order valence-electron chi connectivity index (χ4n) is 1.89. The summed E-state index contributed by atoms with van der Waals surface area (Å²) in [5.41, 5.74) is 7.20. The Balaban J connectivity index is 0.00000288. The molecule has 0 bridgehead atoms. The summed E-state index contributed by atoms with van der Waals surface area (Å²) >= 11 is 0. The summed E-state index contributed by atoms with van der Waals surface area (Å²) in [6.07, 6.45) is 3.53. The largest absolute Gasteiger partial charge is 0.347 e. The highest BCUT2D eigenvalue weighted by atomic mass is 35.5. The number of nitrogens with one attached hydrogen (secondary N) is 2. The highest BCUT2D eigenvalue weighted by Crippen LogP contribution is 2.12. The number of anilines is 1. The molecule has 4 N–H and O–H groups in total. The molecule has 1 aromatic heterocycles. The molecule has 0 radical (unpaired) electrons. The highest BCUT2D eigenvalue weighted by molar-refractivity contribution is 5.94. The van der Waals surface area contributed by atoms with E-state index in [1.807, 2.05) is 24.4 Å². The van der Waals surface area contributed by atoms with Gasteiger partial charge in [0, 0.05) is 30.0 Å². The third-order valence-corrected chi connectivity index (χ3v) is 3.55. The molecule has 2 atom stereocenters. The molecule has 7 nitrogen and oxygen atoms in total. The first kappa shape index (κ1) is 19.7. The number of halogens is 1. The van der Waals surface area contributed by atoms with Crippen molar-refractivity contribution < 1.29 is 9.59 Å². The molecule has 0 fully saturated rings. The number of hydrogen-bond acceptors (Lipinski definition) is 4. The van der Waals surface area contributed by atoms with Gasteiger partial charge >= 0.3 is 0 Å². The van der Waals surface area contributed by atoms with Crippen LogP contribution in [0.3, 0.4) is 0 Å². The van der Waals surface area contributed by atoms with E-state index in [0.717, 1.165) is 5.69 Å². The molecule has 8 heteroatoms. The van der Waals surface area contributed by atoms with Gasteiger partial charge in [-0.05, 0) is 37.3 Å². The smallest absolute Gasteiger partial charge is 0.243 e. The maximum Gasteiger partial charge on any atom is 0.243 e. The number of nitrogens with zero attached hydrogens (tertiary/aromatic N) is 2. The third-order valence-electron chi connectivity index (χ3n) is 3.55. The van der Waals surface area contributed by atoms with Gasteiger partial charge in [0.05, 0.1) is 12.2 Å². The lowest BCUT2D eigenvalue weighted by molar-refractivity contribution is -0.127. The highest BCUT2D eigenvalue weighted by Gasteiger charge is 2.17. The number of nitrogens with two attached hydrogens (primary N) is 1. The minimum atomic E-state index is -0.337. The van der Waals surface area contributed by atoms with Crippen LogP contribution in [0.1, 0.15) is 13.8 Å². The predicted molar refractivity (Wildman–Crippen MR) is 95.3 cm³/mol. The Morgan fingerprint density at radius 3 is 2.46 bits per heavy atom. The van der Waals surface area contributed by atoms with Crippen LogP contribution in [0, 0.1) is 5.92 Å². The molecule has 2 unspecified atom stereocenters. The molecule has 130 valence electrons. The maximum absolute atomic E-state index is 11.8. The van der Waals surface area contributed by atoms with E-state index in [4.69, 9.17) is 5.73 Å². The number of rotatable bonds is 6. The van der Waals surface area contributed by atoms with Crippen molar-refractivity contribution in [2.45, 2.75) is 19.9 Å². The lowest BCUT2D eigenvalue weighted by Gasteiger charge is -2.15. The van der Waals surface area contributed by atoms with Gasteiger partial charge in [-0.2, -0.15) is 5.10 Å². The van der Waals surface area contributed by atoms with Crippen LogP contribution in [0.15, 0.2) is 42.7 Å². The molecule has 1 aromatic carbocycles. The molecule has 1 heterocycles. The SMILES string of the molecule is CC(N)C(C)C(=O)NCC(=O)Nc1ccc(-n2cccn2)cc1.Cl.